The predicted molar refractivity (Wildman–Crippen MR) is 57.3 cm³/mol. The molecule has 0 aliphatic carbocycles. The van der Waals surface area contributed by atoms with Crippen molar-refractivity contribution < 1.29 is 0 Å². The number of piperazine rings is 1. The van der Waals surface area contributed by atoms with Crippen LogP contribution in [-0.2, 0) is 0 Å². The van der Waals surface area contributed by atoms with Crippen LogP contribution in [0.3, 0.4) is 0 Å². The molecule has 0 aromatic heterocycles. The van der Waals surface area contributed by atoms with E-state index in [0.29, 0.717) is 0 Å². The summed E-state index contributed by atoms with van der Waals surface area (Å²) in [6.45, 7) is 7.78. The van der Waals surface area contributed by atoms with Gasteiger partial charge in [0, 0.05) is 32.7 Å². The van der Waals surface area contributed by atoms with Gasteiger partial charge in [-0.05, 0) is 13.5 Å². The van der Waals surface area contributed by atoms with Crippen molar-refractivity contribution in [2.24, 2.45) is 4.99 Å². The third-order valence-corrected chi connectivity index (χ3v) is 2.42. The molecule has 1 aliphatic heterocycles. The summed E-state index contributed by atoms with van der Waals surface area (Å²) < 4.78 is 0. The van der Waals surface area contributed by atoms with Crippen molar-refractivity contribution in [3.05, 3.63) is 0 Å². The second kappa shape index (κ2) is 5.97. The van der Waals surface area contributed by atoms with E-state index in [1.807, 2.05) is 6.34 Å². The zero-order valence-corrected chi connectivity index (χ0v) is 8.87. The number of rotatable bonds is 4. The molecule has 1 rings (SSSR count). The van der Waals surface area contributed by atoms with Crippen LogP contribution >= 0.6 is 0 Å². The zero-order valence-electron chi connectivity index (χ0n) is 8.87. The van der Waals surface area contributed by atoms with Gasteiger partial charge in [0.25, 0.3) is 0 Å². The standard InChI is InChI=1S/C10H21N3/c1-3-4-5-11-10-13-8-6-12(2)7-9-13/h10H,3-9H2,1-2H3. The van der Waals surface area contributed by atoms with E-state index >= 15 is 0 Å². The van der Waals surface area contributed by atoms with Crippen molar-refractivity contribution in [1.29, 1.82) is 0 Å². The van der Waals surface area contributed by atoms with Crippen LogP contribution in [0.5, 0.6) is 0 Å². The molecule has 76 valence electrons. The Balaban J connectivity index is 2.11. The summed E-state index contributed by atoms with van der Waals surface area (Å²) in [5.41, 5.74) is 0. The summed E-state index contributed by atoms with van der Waals surface area (Å²) in [6.07, 6.45) is 4.48. The molecule has 0 radical (unpaired) electrons. The normalized spacial score (nSPS) is 20.0. The fourth-order valence-electron chi connectivity index (χ4n) is 1.36. The van der Waals surface area contributed by atoms with Crippen LogP contribution in [-0.4, -0.2) is 55.9 Å². The molecule has 1 fully saturated rings. The molecule has 0 unspecified atom stereocenters. The van der Waals surface area contributed by atoms with Gasteiger partial charge in [-0.2, -0.15) is 0 Å². The first-order valence-electron chi connectivity index (χ1n) is 5.25. The highest BCUT2D eigenvalue weighted by Crippen LogP contribution is 1.96. The lowest BCUT2D eigenvalue weighted by molar-refractivity contribution is 0.219. The van der Waals surface area contributed by atoms with Crippen LogP contribution in [0.4, 0.5) is 0 Å². The molecule has 1 aliphatic rings. The van der Waals surface area contributed by atoms with Crippen molar-refractivity contribution in [2.45, 2.75) is 19.8 Å². The third-order valence-electron chi connectivity index (χ3n) is 2.42. The van der Waals surface area contributed by atoms with Crippen molar-refractivity contribution in [3.63, 3.8) is 0 Å². The van der Waals surface area contributed by atoms with Crippen LogP contribution in [0.1, 0.15) is 19.8 Å². The maximum atomic E-state index is 4.39. The van der Waals surface area contributed by atoms with Crippen LogP contribution < -0.4 is 0 Å². The van der Waals surface area contributed by atoms with Crippen LogP contribution in [0, 0.1) is 0 Å². The molecule has 0 N–H and O–H groups in total. The lowest BCUT2D eigenvalue weighted by Crippen LogP contribution is -2.43. The summed E-state index contributed by atoms with van der Waals surface area (Å²) in [4.78, 5) is 9.06. The predicted octanol–water partition coefficient (Wildman–Crippen LogP) is 1.06. The van der Waals surface area contributed by atoms with Gasteiger partial charge < -0.3 is 9.80 Å². The molecule has 0 saturated carbocycles. The fraction of sp³-hybridized carbons (Fsp3) is 0.900. The lowest BCUT2D eigenvalue weighted by atomic mass is 10.3. The van der Waals surface area contributed by atoms with E-state index in [9.17, 15) is 0 Å². The minimum absolute atomic E-state index is 0.989. The molecule has 0 amide bonds. The monoisotopic (exact) mass is 183 g/mol. The molecule has 1 heterocycles. The highest BCUT2D eigenvalue weighted by Gasteiger charge is 2.09. The number of hydrogen-bond acceptors (Lipinski definition) is 2. The minimum Gasteiger partial charge on any atom is -0.360 e. The van der Waals surface area contributed by atoms with Crippen molar-refractivity contribution in [2.75, 3.05) is 39.8 Å². The first-order chi connectivity index (χ1) is 6.33. The molecule has 1 saturated heterocycles. The highest BCUT2D eigenvalue weighted by molar-refractivity contribution is 5.55. The summed E-state index contributed by atoms with van der Waals surface area (Å²) in [7, 11) is 2.17. The Morgan fingerprint density at radius 3 is 2.54 bits per heavy atom. The average Bonchev–Trinajstić information content (AvgIpc) is 2.15. The summed E-state index contributed by atoms with van der Waals surface area (Å²) in [5.74, 6) is 0. The first-order valence-corrected chi connectivity index (χ1v) is 5.25. The Hall–Kier alpha value is -0.570. The van der Waals surface area contributed by atoms with Crippen molar-refractivity contribution in [1.82, 2.24) is 9.80 Å². The van der Waals surface area contributed by atoms with Gasteiger partial charge in [0.1, 0.15) is 0 Å². The molecule has 0 aromatic carbocycles. The average molecular weight is 183 g/mol. The van der Waals surface area contributed by atoms with E-state index in [4.69, 9.17) is 0 Å². The number of aliphatic imine (C=N–C) groups is 1. The van der Waals surface area contributed by atoms with E-state index in [1.54, 1.807) is 0 Å². The molecule has 0 atom stereocenters. The molecule has 3 nitrogen and oxygen atoms in total. The zero-order chi connectivity index (χ0) is 9.52. The van der Waals surface area contributed by atoms with E-state index in [0.717, 1.165) is 19.6 Å². The molecular weight excluding hydrogens is 162 g/mol. The SMILES string of the molecule is CCCCN=CN1CCN(C)CC1. The van der Waals surface area contributed by atoms with Crippen molar-refractivity contribution >= 4 is 6.34 Å². The molecule has 13 heavy (non-hydrogen) atoms. The van der Waals surface area contributed by atoms with Gasteiger partial charge in [0.15, 0.2) is 0 Å². The van der Waals surface area contributed by atoms with Gasteiger partial charge in [0.05, 0.1) is 6.34 Å². The van der Waals surface area contributed by atoms with Crippen LogP contribution in [0.25, 0.3) is 0 Å². The second-order valence-corrected chi connectivity index (χ2v) is 3.71. The van der Waals surface area contributed by atoms with E-state index in [-0.39, 0.29) is 0 Å². The Kier molecular flexibility index (Phi) is 4.83. The molecular formula is C10H21N3. The van der Waals surface area contributed by atoms with E-state index in [2.05, 4.69) is 28.8 Å². The summed E-state index contributed by atoms with van der Waals surface area (Å²) in [6, 6.07) is 0. The van der Waals surface area contributed by atoms with Gasteiger partial charge in [-0.1, -0.05) is 13.3 Å². The van der Waals surface area contributed by atoms with E-state index in [1.165, 1.54) is 25.9 Å². The number of likely N-dealkylation sites (N-methyl/N-ethyl adjacent to an activating group) is 1. The number of unbranched alkanes of at least 4 members (excludes halogenated alkanes) is 1. The van der Waals surface area contributed by atoms with Gasteiger partial charge in [-0.3, -0.25) is 4.99 Å². The Morgan fingerprint density at radius 1 is 1.23 bits per heavy atom. The van der Waals surface area contributed by atoms with Gasteiger partial charge >= 0.3 is 0 Å². The minimum atomic E-state index is 0.989. The Labute approximate surface area is 81.4 Å². The maximum Gasteiger partial charge on any atom is 0.0850 e. The smallest absolute Gasteiger partial charge is 0.0850 e. The fourth-order valence-corrected chi connectivity index (χ4v) is 1.36. The maximum absolute atomic E-state index is 4.39. The quantitative estimate of drug-likeness (QED) is 0.369. The summed E-state index contributed by atoms with van der Waals surface area (Å²) in [5, 5.41) is 0. The summed E-state index contributed by atoms with van der Waals surface area (Å²) >= 11 is 0. The molecule has 0 spiro atoms. The van der Waals surface area contributed by atoms with Crippen LogP contribution in [0.2, 0.25) is 0 Å². The topological polar surface area (TPSA) is 18.8 Å². The van der Waals surface area contributed by atoms with Gasteiger partial charge in [0.2, 0.25) is 0 Å². The molecule has 0 aromatic rings. The van der Waals surface area contributed by atoms with E-state index < -0.39 is 0 Å². The number of hydrogen-bond donors (Lipinski definition) is 0. The largest absolute Gasteiger partial charge is 0.360 e. The van der Waals surface area contributed by atoms with Crippen LogP contribution in [0.15, 0.2) is 4.99 Å². The van der Waals surface area contributed by atoms with Gasteiger partial charge in [-0.25, -0.2) is 0 Å². The Morgan fingerprint density at radius 2 is 1.92 bits per heavy atom. The third kappa shape index (κ3) is 4.27. The van der Waals surface area contributed by atoms with Gasteiger partial charge in [-0.15, -0.1) is 0 Å². The molecule has 0 bridgehead atoms. The number of nitrogens with zero attached hydrogens (tertiary/aromatic N) is 3. The first kappa shape index (κ1) is 10.5. The highest BCUT2D eigenvalue weighted by atomic mass is 15.3. The second-order valence-electron chi connectivity index (χ2n) is 3.71. The molecule has 3 heteroatoms. The van der Waals surface area contributed by atoms with Crippen molar-refractivity contribution in [3.8, 4) is 0 Å². The Bertz CT molecular complexity index is 148. The lowest BCUT2D eigenvalue weighted by Gasteiger charge is -2.30.